The van der Waals surface area contributed by atoms with Gasteiger partial charge in [0.2, 0.25) is 0 Å². The zero-order valence-corrected chi connectivity index (χ0v) is 19.9. The number of nitrogens with zero attached hydrogens (tertiary/aromatic N) is 4. The summed E-state index contributed by atoms with van der Waals surface area (Å²) in [5, 5.41) is 10.9. The van der Waals surface area contributed by atoms with Crippen LogP contribution in [0.5, 0.6) is 0 Å². The van der Waals surface area contributed by atoms with Crippen LogP contribution in [-0.4, -0.2) is 69.8 Å². The van der Waals surface area contributed by atoms with Crippen LogP contribution in [0, 0.1) is 0 Å². The lowest BCUT2D eigenvalue weighted by Crippen LogP contribution is -2.52. The predicted octanol–water partition coefficient (Wildman–Crippen LogP) is 2.99. The Morgan fingerprint density at radius 3 is 2.83 bits per heavy atom. The van der Waals surface area contributed by atoms with Crippen LogP contribution in [-0.2, 0) is 24.2 Å². The third kappa shape index (κ3) is 5.05. The van der Waals surface area contributed by atoms with Gasteiger partial charge in [0.15, 0.2) is 0 Å². The van der Waals surface area contributed by atoms with Crippen LogP contribution in [0.15, 0.2) is 48.8 Å². The molecule has 3 aromatic rings. The van der Waals surface area contributed by atoms with Gasteiger partial charge in [0.05, 0.1) is 24.9 Å². The number of hydrogen-bond donors (Lipinski definition) is 2. The molecule has 0 aliphatic carbocycles. The number of aromatic amines is 1. The number of H-pyrrole nitrogens is 1. The molecule has 0 bridgehead atoms. The second kappa shape index (κ2) is 10.3. The second-order valence-electron chi connectivity index (χ2n) is 9.11. The summed E-state index contributed by atoms with van der Waals surface area (Å²) in [5.41, 5.74) is 5.58. The van der Waals surface area contributed by atoms with E-state index in [4.69, 9.17) is 4.74 Å². The summed E-state index contributed by atoms with van der Waals surface area (Å²) in [6, 6.07) is 11.4. The Bertz CT molecular complexity index is 1190. The lowest BCUT2D eigenvalue weighted by Gasteiger charge is -2.35. The van der Waals surface area contributed by atoms with Crippen molar-refractivity contribution < 1.29 is 14.3 Å². The van der Waals surface area contributed by atoms with Gasteiger partial charge in [0, 0.05) is 61.3 Å². The monoisotopic (exact) mass is 474 g/mol. The molecule has 1 saturated heterocycles. The quantitative estimate of drug-likeness (QED) is 0.551. The summed E-state index contributed by atoms with van der Waals surface area (Å²) in [5.74, 6) is -0.322. The van der Waals surface area contributed by atoms with E-state index in [-0.39, 0.29) is 18.0 Å². The van der Waals surface area contributed by atoms with Crippen molar-refractivity contribution in [2.45, 2.75) is 38.4 Å². The minimum Gasteiger partial charge on any atom is -0.465 e. The first-order valence-electron chi connectivity index (χ1n) is 12.0. The summed E-state index contributed by atoms with van der Waals surface area (Å²) >= 11 is 0. The zero-order valence-electron chi connectivity index (χ0n) is 19.9. The van der Waals surface area contributed by atoms with Gasteiger partial charge in [-0.3, -0.25) is 15.0 Å². The lowest BCUT2D eigenvalue weighted by molar-refractivity contribution is 0.0597. The summed E-state index contributed by atoms with van der Waals surface area (Å²) in [6.45, 7) is 3.50. The Morgan fingerprint density at radius 2 is 2.00 bits per heavy atom. The number of likely N-dealkylation sites (tertiary alicyclic amines) is 1. The first-order chi connectivity index (χ1) is 17.1. The topological polar surface area (TPSA) is 103 Å². The van der Waals surface area contributed by atoms with Crippen LogP contribution >= 0.6 is 0 Å². The van der Waals surface area contributed by atoms with Crippen molar-refractivity contribution in [3.63, 3.8) is 0 Å². The number of urea groups is 1. The van der Waals surface area contributed by atoms with E-state index in [1.165, 1.54) is 7.11 Å². The maximum Gasteiger partial charge on any atom is 0.338 e. The number of fused-ring (bicyclic) bond motifs is 1. The summed E-state index contributed by atoms with van der Waals surface area (Å²) < 4.78 is 4.93. The molecule has 1 atom stereocenters. The van der Waals surface area contributed by atoms with E-state index in [2.05, 4.69) is 25.4 Å². The van der Waals surface area contributed by atoms with Crippen molar-refractivity contribution in [3.8, 4) is 11.3 Å². The number of ether oxygens (including phenoxy) is 1. The van der Waals surface area contributed by atoms with Crippen LogP contribution in [0.4, 0.5) is 4.79 Å². The molecule has 2 amide bonds. The molecule has 2 aliphatic heterocycles. The van der Waals surface area contributed by atoms with E-state index in [1.54, 1.807) is 18.5 Å². The molecule has 35 heavy (non-hydrogen) atoms. The Balaban J connectivity index is 1.21. The van der Waals surface area contributed by atoms with E-state index in [0.29, 0.717) is 25.2 Å². The average molecular weight is 475 g/mol. The van der Waals surface area contributed by atoms with Crippen LogP contribution in [0.1, 0.15) is 40.0 Å². The molecular weight excluding hydrogens is 444 g/mol. The number of esters is 1. The van der Waals surface area contributed by atoms with Crippen molar-refractivity contribution in [1.29, 1.82) is 0 Å². The van der Waals surface area contributed by atoms with Gasteiger partial charge in [-0.1, -0.05) is 18.2 Å². The van der Waals surface area contributed by atoms with E-state index in [0.717, 1.165) is 60.4 Å². The van der Waals surface area contributed by atoms with Crippen molar-refractivity contribution >= 4 is 12.0 Å². The van der Waals surface area contributed by atoms with Gasteiger partial charge >= 0.3 is 12.0 Å². The minimum atomic E-state index is -0.322. The number of rotatable bonds is 5. The fourth-order valence-electron chi connectivity index (χ4n) is 5.01. The number of hydrogen-bond acceptors (Lipinski definition) is 6. The lowest BCUT2D eigenvalue weighted by atomic mass is 10.0. The molecule has 2 aliphatic rings. The van der Waals surface area contributed by atoms with Crippen molar-refractivity contribution in [3.05, 3.63) is 71.2 Å². The molecule has 0 spiro atoms. The molecule has 182 valence electrons. The summed E-state index contributed by atoms with van der Waals surface area (Å²) in [6.07, 6.45) is 6.18. The fourth-order valence-corrected chi connectivity index (χ4v) is 5.01. The highest BCUT2D eigenvalue weighted by Gasteiger charge is 2.28. The Kier molecular flexibility index (Phi) is 6.76. The molecular formula is C26H30N6O3. The molecule has 1 fully saturated rings. The van der Waals surface area contributed by atoms with E-state index in [9.17, 15) is 9.59 Å². The van der Waals surface area contributed by atoms with Crippen LogP contribution in [0.2, 0.25) is 0 Å². The molecule has 4 heterocycles. The number of benzene rings is 1. The van der Waals surface area contributed by atoms with Gasteiger partial charge in [-0.15, -0.1) is 0 Å². The molecule has 0 saturated carbocycles. The number of methoxy groups -OCH3 is 1. The molecule has 9 nitrogen and oxygen atoms in total. The molecule has 5 rings (SSSR count). The van der Waals surface area contributed by atoms with Crippen molar-refractivity contribution in [2.24, 2.45) is 0 Å². The highest BCUT2D eigenvalue weighted by Crippen LogP contribution is 2.28. The number of nitrogens with one attached hydrogen (secondary N) is 2. The van der Waals surface area contributed by atoms with Crippen LogP contribution < -0.4 is 5.32 Å². The summed E-state index contributed by atoms with van der Waals surface area (Å²) in [4.78, 5) is 33.6. The standard InChI is InChI=1S/C26H30N6O3/c1-35-25(33)21-7-3-2-5-19(21)15-31-13-4-6-20(16-31)28-26(34)32-14-10-23-22(17-32)24(30-29-23)18-8-11-27-12-9-18/h2-3,5,7-9,11-12,20H,4,6,10,13-17H2,1H3,(H,28,34)(H,29,30)/t20-/m1/s1. The number of amides is 2. The highest BCUT2D eigenvalue weighted by molar-refractivity contribution is 5.90. The highest BCUT2D eigenvalue weighted by atomic mass is 16.5. The normalized spacial score (nSPS) is 18.1. The minimum absolute atomic E-state index is 0.0423. The third-order valence-corrected chi connectivity index (χ3v) is 6.82. The number of carbonyl (C=O) groups excluding carboxylic acids is 2. The molecule has 0 unspecified atom stereocenters. The predicted molar refractivity (Wildman–Crippen MR) is 131 cm³/mol. The smallest absolute Gasteiger partial charge is 0.338 e. The van der Waals surface area contributed by atoms with Crippen LogP contribution in [0.3, 0.4) is 0 Å². The second-order valence-corrected chi connectivity index (χ2v) is 9.11. The summed E-state index contributed by atoms with van der Waals surface area (Å²) in [7, 11) is 1.40. The number of pyridine rings is 1. The molecule has 2 aromatic heterocycles. The van der Waals surface area contributed by atoms with Gasteiger partial charge < -0.3 is 15.0 Å². The average Bonchev–Trinajstić information content (AvgIpc) is 3.33. The van der Waals surface area contributed by atoms with E-state index < -0.39 is 0 Å². The van der Waals surface area contributed by atoms with E-state index >= 15 is 0 Å². The molecule has 1 aromatic carbocycles. The largest absolute Gasteiger partial charge is 0.465 e. The van der Waals surface area contributed by atoms with Crippen molar-refractivity contribution in [2.75, 3.05) is 26.7 Å². The van der Waals surface area contributed by atoms with Gasteiger partial charge in [0.1, 0.15) is 0 Å². The maximum absolute atomic E-state index is 13.2. The van der Waals surface area contributed by atoms with Crippen LogP contribution in [0.25, 0.3) is 11.3 Å². The van der Waals surface area contributed by atoms with Gasteiger partial charge in [-0.2, -0.15) is 5.10 Å². The number of carbonyl (C=O) groups is 2. The Labute approximate surface area is 204 Å². The van der Waals surface area contributed by atoms with E-state index in [1.807, 2.05) is 35.2 Å². The molecule has 9 heteroatoms. The van der Waals surface area contributed by atoms with Gasteiger partial charge in [-0.05, 0) is 43.1 Å². The Hall–Kier alpha value is -3.72. The number of piperidine rings is 1. The molecule has 2 N–H and O–H groups in total. The third-order valence-electron chi connectivity index (χ3n) is 6.82. The van der Waals surface area contributed by atoms with Gasteiger partial charge in [-0.25, -0.2) is 9.59 Å². The SMILES string of the molecule is COC(=O)c1ccccc1CN1CCC[C@@H](NC(=O)N2CCc3[nH]nc(-c4ccncc4)c3C2)C1. The Morgan fingerprint density at radius 1 is 1.17 bits per heavy atom. The fraction of sp³-hybridized carbons (Fsp3) is 0.385. The van der Waals surface area contributed by atoms with Gasteiger partial charge in [0.25, 0.3) is 0 Å². The first-order valence-corrected chi connectivity index (χ1v) is 12.0. The number of aromatic nitrogens is 3. The molecule has 0 radical (unpaired) electrons. The van der Waals surface area contributed by atoms with Crippen molar-refractivity contribution in [1.82, 2.24) is 30.3 Å². The maximum atomic E-state index is 13.2. The first kappa shape index (κ1) is 23.0. The zero-order chi connectivity index (χ0) is 24.2.